The Hall–Kier alpha value is -2.31. The molecule has 7 nitrogen and oxygen atoms in total. The average Bonchev–Trinajstić information content (AvgIpc) is 3.27. The van der Waals surface area contributed by atoms with E-state index in [4.69, 9.17) is 9.47 Å². The summed E-state index contributed by atoms with van der Waals surface area (Å²) >= 11 is 0. The molecule has 0 N–H and O–H groups in total. The average molecular weight is 294 g/mol. The third-order valence-corrected chi connectivity index (χ3v) is 3.62. The number of hydrogen-bond donors (Lipinski definition) is 0. The van der Waals surface area contributed by atoms with E-state index in [2.05, 4.69) is 0 Å². The van der Waals surface area contributed by atoms with Crippen molar-refractivity contribution in [1.82, 2.24) is 4.90 Å². The summed E-state index contributed by atoms with van der Waals surface area (Å²) in [6.07, 6.45) is 0.329. The topological polar surface area (TPSA) is 81.9 Å². The van der Waals surface area contributed by atoms with Crippen LogP contribution in [0.1, 0.15) is 12.0 Å². The number of hydrogen-bond acceptors (Lipinski definition) is 5. The van der Waals surface area contributed by atoms with Gasteiger partial charge in [0.25, 0.3) is 0 Å². The molecule has 0 aliphatic heterocycles. The van der Waals surface area contributed by atoms with Crippen LogP contribution in [-0.4, -0.2) is 43.0 Å². The van der Waals surface area contributed by atoms with Crippen LogP contribution in [0.3, 0.4) is 0 Å². The predicted molar refractivity (Wildman–Crippen MR) is 74.9 cm³/mol. The summed E-state index contributed by atoms with van der Waals surface area (Å²) in [6.45, 7) is 0.340. The van der Waals surface area contributed by atoms with Crippen LogP contribution in [-0.2, 0) is 11.3 Å². The molecule has 1 aliphatic rings. The summed E-state index contributed by atoms with van der Waals surface area (Å²) in [6, 6.07) is 4.62. The van der Waals surface area contributed by atoms with E-state index in [1.165, 1.54) is 4.90 Å². The van der Waals surface area contributed by atoms with Crippen LogP contribution in [0.4, 0.5) is 0 Å². The van der Waals surface area contributed by atoms with Crippen molar-refractivity contribution in [2.45, 2.75) is 19.0 Å². The van der Waals surface area contributed by atoms with Crippen molar-refractivity contribution < 1.29 is 19.2 Å². The minimum absolute atomic E-state index is 0.199. The highest BCUT2D eigenvalue weighted by molar-refractivity contribution is 5.82. The van der Waals surface area contributed by atoms with Gasteiger partial charge in [0.2, 0.25) is 11.9 Å². The lowest BCUT2D eigenvalue weighted by molar-refractivity contribution is -0.497. The zero-order chi connectivity index (χ0) is 15.6. The van der Waals surface area contributed by atoms with Crippen molar-refractivity contribution >= 4 is 5.91 Å². The number of carbonyl (C=O) groups excluding carboxylic acids is 1. The summed E-state index contributed by atoms with van der Waals surface area (Å²) in [5.41, 5.74) is 0.826. The van der Waals surface area contributed by atoms with Gasteiger partial charge in [-0.2, -0.15) is 0 Å². The summed E-state index contributed by atoms with van der Waals surface area (Å²) in [5, 5.41) is 10.6. The lowest BCUT2D eigenvalue weighted by atomic mass is 10.1. The van der Waals surface area contributed by atoms with Crippen LogP contribution in [0.15, 0.2) is 18.2 Å². The van der Waals surface area contributed by atoms with Crippen molar-refractivity contribution in [3.63, 3.8) is 0 Å². The standard InChI is InChI=1S/C14H18N2O5/c1-15(14(17)11-7-12(11)16(18)19)8-9-4-5-10(20-2)6-13(9)21-3/h4-6,11-12H,7-8H2,1-3H3. The van der Waals surface area contributed by atoms with E-state index < -0.39 is 12.0 Å². The van der Waals surface area contributed by atoms with Gasteiger partial charge < -0.3 is 14.4 Å². The van der Waals surface area contributed by atoms with Crippen molar-refractivity contribution in [3.05, 3.63) is 33.9 Å². The molecular weight excluding hydrogens is 276 g/mol. The minimum Gasteiger partial charge on any atom is -0.497 e. The lowest BCUT2D eigenvalue weighted by Crippen LogP contribution is -2.29. The fourth-order valence-corrected chi connectivity index (χ4v) is 2.28. The highest BCUT2D eigenvalue weighted by Gasteiger charge is 2.54. The fourth-order valence-electron chi connectivity index (χ4n) is 2.28. The second-order valence-corrected chi connectivity index (χ2v) is 5.07. The third-order valence-electron chi connectivity index (χ3n) is 3.62. The molecule has 0 saturated heterocycles. The Morgan fingerprint density at radius 2 is 2.14 bits per heavy atom. The summed E-state index contributed by atoms with van der Waals surface area (Å²) in [7, 11) is 4.75. The first-order valence-corrected chi connectivity index (χ1v) is 6.57. The van der Waals surface area contributed by atoms with Crippen molar-refractivity contribution in [2.24, 2.45) is 5.92 Å². The van der Waals surface area contributed by atoms with Crippen molar-refractivity contribution in [2.75, 3.05) is 21.3 Å². The Kier molecular flexibility index (Phi) is 4.30. The maximum absolute atomic E-state index is 12.1. The van der Waals surface area contributed by atoms with Gasteiger partial charge in [-0.15, -0.1) is 0 Å². The van der Waals surface area contributed by atoms with Gasteiger partial charge in [-0.25, -0.2) is 0 Å². The molecule has 0 spiro atoms. The van der Waals surface area contributed by atoms with E-state index in [0.717, 1.165) is 5.56 Å². The molecular formula is C14H18N2O5. The molecule has 114 valence electrons. The Labute approximate surface area is 122 Å². The maximum atomic E-state index is 12.1. The number of ether oxygens (including phenoxy) is 2. The Bertz CT molecular complexity index is 560. The number of methoxy groups -OCH3 is 2. The van der Waals surface area contributed by atoms with Gasteiger partial charge in [0, 0.05) is 36.6 Å². The molecule has 1 aromatic carbocycles. The van der Waals surface area contributed by atoms with Gasteiger partial charge in [-0.3, -0.25) is 14.9 Å². The van der Waals surface area contributed by atoms with Crippen molar-refractivity contribution in [1.29, 1.82) is 0 Å². The second-order valence-electron chi connectivity index (χ2n) is 5.07. The van der Waals surface area contributed by atoms with Crippen LogP contribution in [0, 0.1) is 16.0 Å². The van der Waals surface area contributed by atoms with E-state index >= 15 is 0 Å². The lowest BCUT2D eigenvalue weighted by Gasteiger charge is -2.19. The number of rotatable bonds is 6. The van der Waals surface area contributed by atoms with E-state index in [1.807, 2.05) is 6.07 Å². The van der Waals surface area contributed by atoms with Gasteiger partial charge in [0.15, 0.2) is 0 Å². The monoisotopic (exact) mass is 294 g/mol. The predicted octanol–water partition coefficient (Wildman–Crippen LogP) is 1.33. The van der Waals surface area contributed by atoms with Crippen LogP contribution < -0.4 is 9.47 Å². The molecule has 1 aromatic rings. The van der Waals surface area contributed by atoms with E-state index in [9.17, 15) is 14.9 Å². The van der Waals surface area contributed by atoms with Gasteiger partial charge >= 0.3 is 0 Å². The molecule has 0 radical (unpaired) electrons. The SMILES string of the molecule is COc1ccc(CN(C)C(=O)C2CC2[N+](=O)[O-])c(OC)c1. The number of nitro groups is 1. The molecule has 1 saturated carbocycles. The van der Waals surface area contributed by atoms with Gasteiger partial charge in [0.05, 0.1) is 14.2 Å². The van der Waals surface area contributed by atoms with E-state index in [0.29, 0.717) is 24.5 Å². The molecule has 1 fully saturated rings. The number of carbonyl (C=O) groups is 1. The van der Waals surface area contributed by atoms with Gasteiger partial charge in [-0.05, 0) is 12.1 Å². The fraction of sp³-hybridized carbons (Fsp3) is 0.500. The molecule has 2 unspecified atom stereocenters. The first-order chi connectivity index (χ1) is 9.97. The maximum Gasteiger partial charge on any atom is 0.232 e. The third kappa shape index (κ3) is 3.24. The largest absolute Gasteiger partial charge is 0.497 e. The van der Waals surface area contributed by atoms with Crippen LogP contribution in [0.25, 0.3) is 0 Å². The second kappa shape index (κ2) is 5.99. The Morgan fingerprint density at radius 1 is 1.43 bits per heavy atom. The first-order valence-electron chi connectivity index (χ1n) is 6.57. The van der Waals surface area contributed by atoms with Gasteiger partial charge in [-0.1, -0.05) is 0 Å². The molecule has 1 amide bonds. The zero-order valence-electron chi connectivity index (χ0n) is 12.2. The quantitative estimate of drug-likeness (QED) is 0.584. The van der Waals surface area contributed by atoms with E-state index in [-0.39, 0.29) is 10.8 Å². The molecule has 0 aromatic heterocycles. The normalized spacial score (nSPS) is 19.8. The summed E-state index contributed by atoms with van der Waals surface area (Å²) in [5.74, 6) is 0.597. The molecule has 0 bridgehead atoms. The minimum atomic E-state index is -0.724. The highest BCUT2D eigenvalue weighted by Crippen LogP contribution is 2.35. The molecule has 2 atom stereocenters. The molecule has 0 heterocycles. The number of nitrogens with zero attached hydrogens (tertiary/aromatic N) is 2. The summed E-state index contributed by atoms with van der Waals surface area (Å²) in [4.78, 5) is 23.8. The van der Waals surface area contributed by atoms with Crippen LogP contribution in [0.5, 0.6) is 11.5 Å². The molecule has 1 aliphatic carbocycles. The van der Waals surface area contributed by atoms with Gasteiger partial charge in [0.1, 0.15) is 17.4 Å². The Morgan fingerprint density at radius 3 is 2.67 bits per heavy atom. The molecule has 21 heavy (non-hydrogen) atoms. The highest BCUT2D eigenvalue weighted by atomic mass is 16.6. The van der Waals surface area contributed by atoms with Crippen LogP contribution >= 0.6 is 0 Å². The van der Waals surface area contributed by atoms with E-state index in [1.54, 1.807) is 33.4 Å². The molecule has 7 heteroatoms. The summed E-state index contributed by atoms with van der Waals surface area (Å²) < 4.78 is 10.4. The smallest absolute Gasteiger partial charge is 0.232 e. The number of benzene rings is 1. The Balaban J connectivity index is 2.04. The first kappa shape index (κ1) is 15.1. The van der Waals surface area contributed by atoms with Crippen molar-refractivity contribution in [3.8, 4) is 11.5 Å². The molecule has 2 rings (SSSR count). The number of amides is 1. The zero-order valence-corrected chi connectivity index (χ0v) is 12.2. The van der Waals surface area contributed by atoms with Crippen LogP contribution in [0.2, 0.25) is 0 Å².